The van der Waals surface area contributed by atoms with Gasteiger partial charge in [-0.25, -0.2) is 0 Å². The first-order valence-electron chi connectivity index (χ1n) is 4.17. The van der Waals surface area contributed by atoms with Crippen LogP contribution in [0.1, 0.15) is 19.3 Å². The fourth-order valence-electron chi connectivity index (χ4n) is 1.28. The summed E-state index contributed by atoms with van der Waals surface area (Å²) in [5.41, 5.74) is 0. The van der Waals surface area contributed by atoms with Crippen molar-refractivity contribution in [1.82, 2.24) is 5.32 Å². The quantitative estimate of drug-likeness (QED) is 0.489. The van der Waals surface area contributed by atoms with Crippen LogP contribution >= 0.6 is 0 Å². The zero-order valence-electron chi connectivity index (χ0n) is 7.05. The predicted octanol–water partition coefficient (Wildman–Crippen LogP) is 1.09. The monoisotopic (exact) mass is 163 g/mol. The van der Waals surface area contributed by atoms with Crippen molar-refractivity contribution < 1.29 is 4.79 Å². The molecule has 1 rings (SSSR count). The van der Waals surface area contributed by atoms with E-state index >= 15 is 0 Å². The van der Waals surface area contributed by atoms with Gasteiger partial charge in [0.25, 0.3) is 0 Å². The fourth-order valence-corrected chi connectivity index (χ4v) is 1.28. The lowest BCUT2D eigenvalue weighted by molar-refractivity contribution is -0.117. The van der Waals surface area contributed by atoms with Crippen LogP contribution < -0.4 is 5.32 Å². The third-order valence-electron chi connectivity index (χ3n) is 2.28. The number of hydrogen-bond acceptors (Lipinski definition) is 1. The van der Waals surface area contributed by atoms with Crippen LogP contribution in [0.15, 0.2) is 12.7 Å². The van der Waals surface area contributed by atoms with Crippen LogP contribution in [0.4, 0.5) is 0 Å². The Kier molecular flexibility index (Phi) is 2.93. The highest BCUT2D eigenvalue weighted by molar-refractivity contribution is 5.87. The molecule has 0 heterocycles. The number of carbonyl (C=O) groups excluding carboxylic acids is 1. The number of nitrogens with one attached hydrogen (secondary N) is 1. The summed E-state index contributed by atoms with van der Waals surface area (Å²) in [6, 6.07) is -0.0933. The van der Waals surface area contributed by atoms with Gasteiger partial charge in [0.2, 0.25) is 5.91 Å². The van der Waals surface area contributed by atoms with Crippen molar-refractivity contribution in [1.29, 1.82) is 0 Å². The molecular weight excluding hydrogens is 150 g/mol. The molecule has 0 bridgehead atoms. The van der Waals surface area contributed by atoms with Crippen molar-refractivity contribution in [3.05, 3.63) is 12.7 Å². The molecule has 1 aliphatic carbocycles. The van der Waals surface area contributed by atoms with E-state index < -0.39 is 0 Å². The Labute approximate surface area is 73.0 Å². The number of rotatable bonds is 3. The van der Waals surface area contributed by atoms with Crippen molar-refractivity contribution >= 4 is 5.91 Å². The highest BCUT2D eigenvalue weighted by Gasteiger charge is 2.26. The predicted molar refractivity (Wildman–Crippen MR) is 48.3 cm³/mol. The maximum Gasteiger partial charge on any atom is 0.244 e. The van der Waals surface area contributed by atoms with Crippen LogP contribution in [0, 0.1) is 18.3 Å². The number of terminal acetylenes is 1. The maximum absolute atomic E-state index is 10.9. The Morgan fingerprint density at radius 2 is 2.42 bits per heavy atom. The lowest BCUT2D eigenvalue weighted by atomic mass is 9.80. The van der Waals surface area contributed by atoms with Crippen molar-refractivity contribution in [3.8, 4) is 12.3 Å². The molecule has 1 atom stereocenters. The van der Waals surface area contributed by atoms with Crippen LogP contribution in [0.2, 0.25) is 0 Å². The molecule has 0 aromatic carbocycles. The molecule has 0 spiro atoms. The van der Waals surface area contributed by atoms with E-state index in [0.717, 1.165) is 12.8 Å². The van der Waals surface area contributed by atoms with E-state index in [1.807, 2.05) is 0 Å². The third-order valence-corrected chi connectivity index (χ3v) is 2.28. The van der Waals surface area contributed by atoms with Gasteiger partial charge in [-0.15, -0.1) is 6.42 Å². The first kappa shape index (κ1) is 8.86. The van der Waals surface area contributed by atoms with Gasteiger partial charge in [0.1, 0.15) is 0 Å². The molecule has 1 amide bonds. The largest absolute Gasteiger partial charge is 0.339 e. The molecule has 2 nitrogen and oxygen atoms in total. The molecule has 1 saturated carbocycles. The summed E-state index contributed by atoms with van der Waals surface area (Å²) in [6.45, 7) is 3.37. The summed E-state index contributed by atoms with van der Waals surface area (Å²) >= 11 is 0. The molecule has 0 aromatic heterocycles. The molecule has 12 heavy (non-hydrogen) atoms. The molecule has 0 radical (unpaired) electrons. The summed E-state index contributed by atoms with van der Waals surface area (Å²) in [7, 11) is 0. The molecule has 0 aromatic rings. The number of hydrogen-bond donors (Lipinski definition) is 1. The summed E-state index contributed by atoms with van der Waals surface area (Å²) in [4.78, 5) is 10.9. The van der Waals surface area contributed by atoms with Gasteiger partial charge in [0.15, 0.2) is 0 Å². The second-order valence-corrected chi connectivity index (χ2v) is 3.05. The zero-order valence-corrected chi connectivity index (χ0v) is 7.05. The Balaban J connectivity index is 2.40. The van der Waals surface area contributed by atoms with E-state index in [1.54, 1.807) is 0 Å². The Hall–Kier alpha value is -1.23. The van der Waals surface area contributed by atoms with Gasteiger partial charge < -0.3 is 5.32 Å². The van der Waals surface area contributed by atoms with Crippen LogP contribution in [0.3, 0.4) is 0 Å². The average Bonchev–Trinajstić information content (AvgIpc) is 1.99. The lowest BCUT2D eigenvalue weighted by Gasteiger charge is -2.30. The van der Waals surface area contributed by atoms with Crippen LogP contribution in [-0.2, 0) is 4.79 Å². The lowest BCUT2D eigenvalue weighted by Crippen LogP contribution is -2.41. The van der Waals surface area contributed by atoms with E-state index in [4.69, 9.17) is 6.42 Å². The van der Waals surface area contributed by atoms with Crippen molar-refractivity contribution in [3.63, 3.8) is 0 Å². The Bertz CT molecular complexity index is 222. The normalized spacial score (nSPS) is 18.6. The van der Waals surface area contributed by atoms with E-state index in [2.05, 4.69) is 17.8 Å². The standard InChI is InChI=1S/C10H13NO/c1-3-9(8-6-5-7-8)11-10(12)4-2/h1,4,8-9H,2,5-7H2,(H,11,12)/t9-/m1/s1. The van der Waals surface area contributed by atoms with E-state index in [0.29, 0.717) is 5.92 Å². The first-order valence-corrected chi connectivity index (χ1v) is 4.17. The van der Waals surface area contributed by atoms with Gasteiger partial charge in [-0.1, -0.05) is 18.9 Å². The smallest absolute Gasteiger partial charge is 0.244 e. The Morgan fingerprint density at radius 1 is 1.75 bits per heavy atom. The molecule has 2 heteroatoms. The number of amides is 1. The molecule has 1 fully saturated rings. The molecule has 0 saturated heterocycles. The van der Waals surface area contributed by atoms with Gasteiger partial charge in [-0.2, -0.15) is 0 Å². The van der Waals surface area contributed by atoms with Gasteiger partial charge in [-0.3, -0.25) is 4.79 Å². The van der Waals surface area contributed by atoms with Crippen molar-refractivity contribution in [2.75, 3.05) is 0 Å². The highest BCUT2D eigenvalue weighted by Crippen LogP contribution is 2.29. The third kappa shape index (κ3) is 1.88. The first-order chi connectivity index (χ1) is 5.77. The summed E-state index contributed by atoms with van der Waals surface area (Å²) in [5, 5.41) is 2.73. The minimum Gasteiger partial charge on any atom is -0.339 e. The molecule has 0 unspecified atom stereocenters. The topological polar surface area (TPSA) is 29.1 Å². The minimum atomic E-state index is -0.176. The highest BCUT2D eigenvalue weighted by atomic mass is 16.1. The minimum absolute atomic E-state index is 0.0933. The van der Waals surface area contributed by atoms with Crippen LogP contribution in [-0.4, -0.2) is 11.9 Å². The molecule has 1 N–H and O–H groups in total. The van der Waals surface area contributed by atoms with Gasteiger partial charge in [0, 0.05) is 0 Å². The van der Waals surface area contributed by atoms with Gasteiger partial charge in [0.05, 0.1) is 6.04 Å². The SMILES string of the molecule is C#C[C@@H](NC(=O)C=C)C1CCC1. The van der Waals surface area contributed by atoms with Crippen molar-refractivity contribution in [2.45, 2.75) is 25.3 Å². The van der Waals surface area contributed by atoms with E-state index in [1.165, 1.54) is 12.5 Å². The second kappa shape index (κ2) is 3.96. The van der Waals surface area contributed by atoms with Crippen molar-refractivity contribution in [2.24, 2.45) is 5.92 Å². The molecule has 0 aliphatic heterocycles. The number of carbonyl (C=O) groups is 1. The van der Waals surface area contributed by atoms with Crippen LogP contribution in [0.5, 0.6) is 0 Å². The second-order valence-electron chi connectivity index (χ2n) is 3.05. The maximum atomic E-state index is 10.9. The summed E-state index contributed by atoms with van der Waals surface area (Å²) < 4.78 is 0. The molecule has 1 aliphatic rings. The van der Waals surface area contributed by atoms with Gasteiger partial charge >= 0.3 is 0 Å². The zero-order chi connectivity index (χ0) is 8.97. The molecular formula is C10H13NO. The summed E-state index contributed by atoms with van der Waals surface area (Å²) in [5.74, 6) is 2.90. The van der Waals surface area contributed by atoms with E-state index in [9.17, 15) is 4.79 Å². The molecule has 64 valence electrons. The van der Waals surface area contributed by atoms with Crippen LogP contribution in [0.25, 0.3) is 0 Å². The average molecular weight is 163 g/mol. The van der Waals surface area contributed by atoms with E-state index in [-0.39, 0.29) is 11.9 Å². The Morgan fingerprint density at radius 3 is 2.75 bits per heavy atom. The van der Waals surface area contributed by atoms with Gasteiger partial charge in [-0.05, 0) is 24.8 Å². The fraction of sp³-hybridized carbons (Fsp3) is 0.500. The summed E-state index contributed by atoms with van der Waals surface area (Å²) in [6.07, 6.45) is 10.0.